The van der Waals surface area contributed by atoms with E-state index < -0.39 is 6.04 Å². The number of hydrogen-bond acceptors (Lipinski definition) is 3. The minimum absolute atomic E-state index is 0.00210. The summed E-state index contributed by atoms with van der Waals surface area (Å²) in [6.45, 7) is 30.5. The molecule has 0 spiro atoms. The highest BCUT2D eigenvalue weighted by Gasteiger charge is 2.52. The Kier molecular flexibility index (Phi) is 7.91. The van der Waals surface area contributed by atoms with Gasteiger partial charge in [-0.15, -0.1) is 0 Å². The summed E-state index contributed by atoms with van der Waals surface area (Å²) in [5, 5.41) is 1.10. The molecule has 0 radical (unpaired) electrons. The molecule has 14 rings (SSSR count). The summed E-state index contributed by atoms with van der Waals surface area (Å²) in [5.41, 5.74) is 20.3. The van der Waals surface area contributed by atoms with Crippen molar-refractivity contribution in [3.05, 3.63) is 148 Å². The highest BCUT2D eigenvalue weighted by molar-refractivity contribution is 7.00. The van der Waals surface area contributed by atoms with E-state index in [0.717, 1.165) is 94.7 Å². The van der Waals surface area contributed by atoms with Crippen molar-refractivity contribution >= 4 is 68.4 Å². The van der Waals surface area contributed by atoms with E-state index in [1.165, 1.54) is 57.2 Å². The number of fused-ring (bicyclic) bond motifs is 10. The maximum Gasteiger partial charge on any atom is 0.297 e. The summed E-state index contributed by atoms with van der Waals surface area (Å²) in [7, 11) is 0. The lowest BCUT2D eigenvalue weighted by molar-refractivity contribution is 0.188. The van der Waals surface area contributed by atoms with E-state index >= 15 is 0 Å². The Balaban J connectivity index is 1.21. The lowest BCUT2D eigenvalue weighted by Gasteiger charge is -2.52. The van der Waals surface area contributed by atoms with Gasteiger partial charge in [-0.1, -0.05) is 144 Å². The summed E-state index contributed by atoms with van der Waals surface area (Å²) >= 11 is 0. The first-order valence-corrected chi connectivity index (χ1v) is 26.5. The molecule has 0 saturated heterocycles. The van der Waals surface area contributed by atoms with Crippen LogP contribution in [0.25, 0.3) is 22.1 Å². The van der Waals surface area contributed by atoms with E-state index in [2.05, 4.69) is 179 Å². The average molecular weight is 926 g/mol. The minimum Gasteiger partial charge on any atom is -0.468 e. The van der Waals surface area contributed by atoms with Gasteiger partial charge in [-0.05, 0) is 205 Å². The molecule has 0 atom stereocenters. The van der Waals surface area contributed by atoms with Crippen LogP contribution in [0.2, 0.25) is 0 Å². The van der Waals surface area contributed by atoms with Gasteiger partial charge in [-0.25, -0.2) is 0 Å². The van der Waals surface area contributed by atoms with Crippen molar-refractivity contribution in [1.82, 2.24) is 0 Å². The van der Waals surface area contributed by atoms with Crippen molar-refractivity contribution in [2.24, 2.45) is 0 Å². The van der Waals surface area contributed by atoms with Gasteiger partial charge in [-0.3, -0.25) is 0 Å². The molecule has 5 aliphatic carbocycles. The number of furan rings is 1. The monoisotopic (exact) mass is 926 g/mol. The van der Waals surface area contributed by atoms with Gasteiger partial charge in [0.25, 0.3) is 6.71 Å². The molecular formula is C66H73BN2O. The normalized spacial score (nSPS) is 24.8. The standard InChI is InChI=1S/C66H73BN2O/c1-60(2,3)42-19-21-43(22-20-42)68-53-38-49-48(63(8,9)27-28-64(49,10)11)37-52(53)67-57-54(68)33-41(40-17-15-14-16-18-40)34-55(57)69(44-23-24-46-47(35-44)62(6,7)26-25-61(46,4)5)58-45-36-50-51(39-56(45)70-59(58)67)66(13)31-29-65(50,12)30-32-66/h14-24,33-39H,25-32H2,1-13H3/i14D,15D,16D,17D,18D. The first-order valence-electron chi connectivity index (χ1n) is 29.0. The molecular weight excluding hydrogens is 848 g/mol. The van der Waals surface area contributed by atoms with Gasteiger partial charge in [-0.2, -0.15) is 0 Å². The molecule has 0 amide bonds. The first kappa shape index (κ1) is 39.2. The van der Waals surface area contributed by atoms with Gasteiger partial charge in [0.1, 0.15) is 5.58 Å². The highest BCUT2D eigenvalue weighted by Crippen LogP contribution is 2.59. The van der Waals surface area contributed by atoms with E-state index in [1.807, 2.05) is 0 Å². The Morgan fingerprint density at radius 3 is 1.63 bits per heavy atom. The van der Waals surface area contributed by atoms with Crippen LogP contribution in [0.4, 0.5) is 34.1 Å². The van der Waals surface area contributed by atoms with Crippen molar-refractivity contribution in [2.45, 2.75) is 179 Å². The number of hydrogen-bond donors (Lipinski definition) is 0. The fourth-order valence-corrected chi connectivity index (χ4v) is 14.4. The third-order valence-corrected chi connectivity index (χ3v) is 19.4. The number of anilines is 6. The van der Waals surface area contributed by atoms with E-state index in [-0.39, 0.29) is 74.4 Å². The zero-order chi connectivity index (χ0) is 53.2. The quantitative estimate of drug-likeness (QED) is 0.165. The second-order valence-corrected chi connectivity index (χ2v) is 26.9. The van der Waals surface area contributed by atoms with Crippen LogP contribution in [0.1, 0.15) is 187 Å². The van der Waals surface area contributed by atoms with Crippen LogP contribution < -0.4 is 26.4 Å². The highest BCUT2D eigenvalue weighted by atomic mass is 16.3. The fourth-order valence-electron chi connectivity index (χ4n) is 14.4. The number of nitrogens with zero attached hydrogens (tertiary/aromatic N) is 2. The van der Waals surface area contributed by atoms with Crippen molar-refractivity contribution < 1.29 is 11.3 Å². The van der Waals surface area contributed by atoms with Gasteiger partial charge in [0.15, 0.2) is 0 Å². The molecule has 1 fully saturated rings. The Morgan fingerprint density at radius 1 is 0.500 bits per heavy atom. The zero-order valence-electron chi connectivity index (χ0n) is 49.0. The molecule has 356 valence electrons. The van der Waals surface area contributed by atoms with Gasteiger partial charge >= 0.3 is 0 Å². The molecule has 4 heteroatoms. The lowest BCUT2D eigenvalue weighted by atomic mass is 9.35. The fraction of sp³-hybridized carbons (Fsp3) is 0.424. The van der Waals surface area contributed by atoms with Crippen molar-refractivity contribution in [3.8, 4) is 11.1 Å². The molecule has 0 unspecified atom stereocenters. The van der Waals surface area contributed by atoms with Gasteiger partial charge < -0.3 is 14.2 Å². The Bertz CT molecular complexity index is 3630. The topological polar surface area (TPSA) is 19.6 Å². The van der Waals surface area contributed by atoms with Crippen molar-refractivity contribution in [1.29, 1.82) is 0 Å². The largest absolute Gasteiger partial charge is 0.468 e. The molecule has 7 aliphatic rings. The summed E-state index contributed by atoms with van der Waals surface area (Å²) in [6, 6.07) is 28.9. The summed E-state index contributed by atoms with van der Waals surface area (Å²) in [4.78, 5) is 4.89. The lowest BCUT2D eigenvalue weighted by Crippen LogP contribution is -2.61. The van der Waals surface area contributed by atoms with Gasteiger partial charge in [0, 0.05) is 33.8 Å². The number of rotatable bonds is 3. The van der Waals surface area contributed by atoms with Crippen molar-refractivity contribution in [2.75, 3.05) is 9.80 Å². The smallest absolute Gasteiger partial charge is 0.297 e. The Hall–Kier alpha value is -5.48. The zero-order valence-corrected chi connectivity index (χ0v) is 44.0. The van der Waals surface area contributed by atoms with Crippen LogP contribution >= 0.6 is 0 Å². The van der Waals surface area contributed by atoms with Crippen LogP contribution in [0.3, 0.4) is 0 Å². The molecule has 1 aromatic heterocycles. The van der Waals surface area contributed by atoms with E-state index in [9.17, 15) is 2.74 Å². The molecule has 7 aromatic rings. The molecule has 1 saturated carbocycles. The minimum atomic E-state index is -0.395. The van der Waals surface area contributed by atoms with Crippen LogP contribution in [0.15, 0.2) is 113 Å². The third-order valence-electron chi connectivity index (χ3n) is 19.4. The predicted octanol–water partition coefficient (Wildman–Crippen LogP) is 16.3. The molecule has 70 heavy (non-hydrogen) atoms. The Labute approximate surface area is 426 Å². The molecule has 3 heterocycles. The summed E-state index contributed by atoms with van der Waals surface area (Å²) in [5.74, 6) is 0. The van der Waals surface area contributed by atoms with E-state index in [0.29, 0.717) is 5.56 Å². The summed E-state index contributed by atoms with van der Waals surface area (Å²) in [6.07, 6.45) is 8.98. The maximum atomic E-state index is 9.54. The summed E-state index contributed by atoms with van der Waals surface area (Å²) < 4.78 is 53.5. The third kappa shape index (κ3) is 6.19. The van der Waals surface area contributed by atoms with E-state index in [1.54, 1.807) is 0 Å². The molecule has 0 N–H and O–H groups in total. The average Bonchev–Trinajstić information content (AvgIpc) is 3.89. The molecule has 2 aliphatic heterocycles. The second-order valence-electron chi connectivity index (χ2n) is 26.9. The Morgan fingerprint density at radius 2 is 1.03 bits per heavy atom. The van der Waals surface area contributed by atoms with Crippen molar-refractivity contribution in [3.63, 3.8) is 0 Å². The molecule has 6 aromatic carbocycles. The molecule has 2 bridgehead atoms. The van der Waals surface area contributed by atoms with Crippen LogP contribution in [0, 0.1) is 0 Å². The van der Waals surface area contributed by atoms with E-state index in [4.69, 9.17) is 8.53 Å². The molecule has 3 nitrogen and oxygen atoms in total. The SMILES string of the molecule is [2H]c1c([2H])c([2H])c(-c2cc3c4c(c2)N(c2ccc5c(c2)C(C)(C)CCC5(C)C)c2c(oc5cc6c(cc25)C2(C)CCC6(C)CC2)B4c2cc4c(cc2N3c2ccc(C(C)(C)C)cc2)C(C)(C)CCC4(C)C)c([2H])c1[2H]. The van der Waals surface area contributed by atoms with Gasteiger partial charge in [0.2, 0.25) is 0 Å². The first-order chi connectivity index (χ1) is 35.1. The number of benzene rings is 6. The van der Waals surface area contributed by atoms with Gasteiger partial charge in [0.05, 0.1) is 18.2 Å². The maximum absolute atomic E-state index is 9.54. The second kappa shape index (κ2) is 14.1. The van der Waals surface area contributed by atoms with Crippen LogP contribution in [-0.2, 0) is 37.9 Å². The predicted molar refractivity (Wildman–Crippen MR) is 298 cm³/mol. The van der Waals surface area contributed by atoms with Crippen LogP contribution in [0.5, 0.6) is 0 Å². The van der Waals surface area contributed by atoms with Crippen LogP contribution in [-0.4, -0.2) is 6.71 Å².